The Morgan fingerprint density at radius 2 is 1.67 bits per heavy atom. The summed E-state index contributed by atoms with van der Waals surface area (Å²) in [5, 5.41) is 9.60. The Hall–Kier alpha value is -1.40. The van der Waals surface area contributed by atoms with Crippen molar-refractivity contribution in [3.63, 3.8) is 0 Å². The summed E-state index contributed by atoms with van der Waals surface area (Å²) in [6.45, 7) is 4.06. The molecule has 0 bridgehead atoms. The smallest absolute Gasteiger partial charge is 0.225 e. The molecule has 0 amide bonds. The third-order valence-corrected chi connectivity index (χ3v) is 4.61. The third-order valence-electron chi connectivity index (χ3n) is 4.61. The molecule has 3 rings (SSSR count). The van der Waals surface area contributed by atoms with Crippen LogP contribution in [-0.4, -0.2) is 65.4 Å². The molecule has 0 radical (unpaired) electrons. The molecule has 1 N–H and O–H groups in total. The largest absolute Gasteiger partial charge is 0.494 e. The second-order valence-electron chi connectivity index (χ2n) is 5.91. The summed E-state index contributed by atoms with van der Waals surface area (Å²) in [4.78, 5) is 13.5. The number of aliphatic hydroxyl groups is 1. The Balaban J connectivity index is 1.52. The summed E-state index contributed by atoms with van der Waals surface area (Å²) in [5.41, 5.74) is 0. The zero-order valence-electron chi connectivity index (χ0n) is 12.6. The highest BCUT2D eigenvalue weighted by Gasteiger charge is 2.28. The molecule has 2 fully saturated rings. The quantitative estimate of drug-likeness (QED) is 0.893. The van der Waals surface area contributed by atoms with Gasteiger partial charge in [0.05, 0.1) is 25.6 Å². The van der Waals surface area contributed by atoms with Gasteiger partial charge in [-0.3, -0.25) is 0 Å². The summed E-state index contributed by atoms with van der Waals surface area (Å²) < 4.78 is 5.09. The number of likely N-dealkylation sites (tertiary alicyclic amines) is 1. The van der Waals surface area contributed by atoms with Gasteiger partial charge in [0.1, 0.15) is 0 Å². The van der Waals surface area contributed by atoms with E-state index in [2.05, 4.69) is 19.8 Å². The Morgan fingerprint density at radius 3 is 2.24 bits per heavy atom. The van der Waals surface area contributed by atoms with E-state index in [1.165, 1.54) is 0 Å². The fraction of sp³-hybridized carbons (Fsp3) is 0.733. The van der Waals surface area contributed by atoms with Crippen molar-refractivity contribution in [3.05, 3.63) is 12.4 Å². The molecule has 0 unspecified atom stereocenters. The maximum atomic E-state index is 9.60. The summed E-state index contributed by atoms with van der Waals surface area (Å²) in [5.74, 6) is 1.49. The summed E-state index contributed by atoms with van der Waals surface area (Å²) in [6.07, 6.45) is 7.48. The predicted molar refractivity (Wildman–Crippen MR) is 80.6 cm³/mol. The first-order valence-corrected chi connectivity index (χ1v) is 7.79. The van der Waals surface area contributed by atoms with Gasteiger partial charge in [-0.2, -0.15) is 0 Å². The number of aliphatic hydroxyl groups excluding tert-OH is 1. The van der Waals surface area contributed by atoms with Crippen molar-refractivity contribution in [2.24, 2.45) is 0 Å². The van der Waals surface area contributed by atoms with Crippen LogP contribution >= 0.6 is 0 Å². The van der Waals surface area contributed by atoms with Crippen molar-refractivity contribution >= 4 is 5.95 Å². The van der Waals surface area contributed by atoms with E-state index >= 15 is 0 Å². The minimum Gasteiger partial charge on any atom is -0.494 e. The normalized spacial score (nSPS) is 22.5. The van der Waals surface area contributed by atoms with E-state index in [0.717, 1.165) is 57.8 Å². The number of hydrogen-bond donors (Lipinski definition) is 1. The van der Waals surface area contributed by atoms with Crippen molar-refractivity contribution in [2.45, 2.75) is 37.8 Å². The van der Waals surface area contributed by atoms with Gasteiger partial charge in [0.25, 0.3) is 0 Å². The molecule has 2 saturated heterocycles. The first kappa shape index (κ1) is 14.5. The van der Waals surface area contributed by atoms with Crippen molar-refractivity contribution in [1.82, 2.24) is 14.9 Å². The van der Waals surface area contributed by atoms with E-state index in [-0.39, 0.29) is 6.10 Å². The molecule has 2 aliphatic heterocycles. The van der Waals surface area contributed by atoms with Crippen LogP contribution in [0.25, 0.3) is 0 Å². The fourth-order valence-corrected chi connectivity index (χ4v) is 3.26. The maximum Gasteiger partial charge on any atom is 0.225 e. The highest BCUT2D eigenvalue weighted by Crippen LogP contribution is 2.23. The second-order valence-corrected chi connectivity index (χ2v) is 5.91. The van der Waals surface area contributed by atoms with Gasteiger partial charge in [0.2, 0.25) is 5.95 Å². The molecular weight excluding hydrogens is 268 g/mol. The second kappa shape index (κ2) is 6.58. The predicted octanol–water partition coefficient (Wildman–Crippen LogP) is 0.911. The average molecular weight is 292 g/mol. The SMILES string of the molecule is COc1cnc(N2CCC(N3CCC(O)CC3)CC2)nc1. The van der Waals surface area contributed by atoms with Crippen LogP contribution in [0.1, 0.15) is 25.7 Å². The molecular formula is C15H24N4O2. The van der Waals surface area contributed by atoms with E-state index in [4.69, 9.17) is 4.74 Å². The summed E-state index contributed by atoms with van der Waals surface area (Å²) in [7, 11) is 1.62. The van der Waals surface area contributed by atoms with Gasteiger partial charge < -0.3 is 19.6 Å². The number of hydrogen-bond acceptors (Lipinski definition) is 6. The van der Waals surface area contributed by atoms with Gasteiger partial charge in [-0.1, -0.05) is 0 Å². The minimum atomic E-state index is -0.0889. The van der Waals surface area contributed by atoms with Crippen LogP contribution in [0.4, 0.5) is 5.95 Å². The lowest BCUT2D eigenvalue weighted by molar-refractivity contribution is 0.0541. The van der Waals surface area contributed by atoms with Gasteiger partial charge in [-0.05, 0) is 25.7 Å². The highest BCUT2D eigenvalue weighted by atomic mass is 16.5. The van der Waals surface area contributed by atoms with E-state index in [1.54, 1.807) is 19.5 Å². The Labute approximate surface area is 125 Å². The number of aromatic nitrogens is 2. The summed E-state index contributed by atoms with van der Waals surface area (Å²) in [6, 6.07) is 0.645. The number of methoxy groups -OCH3 is 1. The standard InChI is InChI=1S/C15H24N4O2/c1-21-14-10-16-15(17-11-14)19-6-2-12(3-7-19)18-8-4-13(20)5-9-18/h10-13,20H,2-9H2,1H3. The first-order chi connectivity index (χ1) is 10.3. The molecule has 3 heterocycles. The lowest BCUT2D eigenvalue weighted by Crippen LogP contribution is -2.48. The van der Waals surface area contributed by atoms with Gasteiger partial charge in [-0.15, -0.1) is 0 Å². The Kier molecular flexibility index (Phi) is 4.55. The Morgan fingerprint density at radius 1 is 1.05 bits per heavy atom. The van der Waals surface area contributed by atoms with Gasteiger partial charge >= 0.3 is 0 Å². The van der Waals surface area contributed by atoms with Crippen LogP contribution in [0.15, 0.2) is 12.4 Å². The minimum absolute atomic E-state index is 0.0889. The molecule has 21 heavy (non-hydrogen) atoms. The molecule has 0 aliphatic carbocycles. The van der Waals surface area contributed by atoms with Crippen molar-refractivity contribution in [3.8, 4) is 5.75 Å². The van der Waals surface area contributed by atoms with Gasteiger partial charge in [-0.25, -0.2) is 9.97 Å². The van der Waals surface area contributed by atoms with E-state index in [0.29, 0.717) is 11.8 Å². The molecule has 0 spiro atoms. The molecule has 0 aromatic carbocycles. The number of ether oxygens (including phenoxy) is 1. The molecule has 6 heteroatoms. The monoisotopic (exact) mass is 292 g/mol. The summed E-state index contributed by atoms with van der Waals surface area (Å²) >= 11 is 0. The average Bonchev–Trinajstić information content (AvgIpc) is 2.56. The molecule has 6 nitrogen and oxygen atoms in total. The molecule has 1 aromatic heterocycles. The zero-order chi connectivity index (χ0) is 14.7. The zero-order valence-corrected chi connectivity index (χ0v) is 12.6. The molecule has 0 saturated carbocycles. The highest BCUT2D eigenvalue weighted by molar-refractivity contribution is 5.32. The van der Waals surface area contributed by atoms with Crippen LogP contribution < -0.4 is 9.64 Å². The van der Waals surface area contributed by atoms with Crippen molar-refractivity contribution < 1.29 is 9.84 Å². The fourth-order valence-electron chi connectivity index (χ4n) is 3.26. The van der Waals surface area contributed by atoms with Gasteiger partial charge in [0.15, 0.2) is 5.75 Å². The van der Waals surface area contributed by atoms with Crippen molar-refractivity contribution in [1.29, 1.82) is 0 Å². The van der Waals surface area contributed by atoms with Crippen LogP contribution in [0, 0.1) is 0 Å². The molecule has 1 aromatic rings. The molecule has 116 valence electrons. The first-order valence-electron chi connectivity index (χ1n) is 7.79. The van der Waals surface area contributed by atoms with Gasteiger partial charge in [0, 0.05) is 32.2 Å². The van der Waals surface area contributed by atoms with Crippen molar-refractivity contribution in [2.75, 3.05) is 38.2 Å². The Bertz CT molecular complexity index is 437. The third kappa shape index (κ3) is 3.44. The molecule has 0 atom stereocenters. The lowest BCUT2D eigenvalue weighted by atomic mass is 9.99. The van der Waals surface area contributed by atoms with Crippen LogP contribution in [0.5, 0.6) is 5.75 Å². The topological polar surface area (TPSA) is 61.7 Å². The number of rotatable bonds is 3. The molecule has 2 aliphatic rings. The van der Waals surface area contributed by atoms with Crippen LogP contribution in [-0.2, 0) is 0 Å². The van der Waals surface area contributed by atoms with E-state index < -0.39 is 0 Å². The van der Waals surface area contributed by atoms with Crippen LogP contribution in [0.3, 0.4) is 0 Å². The van der Waals surface area contributed by atoms with Crippen LogP contribution in [0.2, 0.25) is 0 Å². The van der Waals surface area contributed by atoms with E-state index in [1.807, 2.05) is 0 Å². The maximum absolute atomic E-state index is 9.60. The number of nitrogens with zero attached hydrogens (tertiary/aromatic N) is 4. The number of piperidine rings is 2. The number of anilines is 1. The van der Waals surface area contributed by atoms with E-state index in [9.17, 15) is 5.11 Å². The lowest BCUT2D eigenvalue weighted by Gasteiger charge is -2.41.